The normalized spacial score (nSPS) is 30.2. The summed E-state index contributed by atoms with van der Waals surface area (Å²) in [6, 6.07) is 13.8. The first-order valence-electron chi connectivity index (χ1n) is 13.6. The maximum absolute atomic E-state index is 13.1. The molecule has 0 saturated heterocycles. The van der Waals surface area contributed by atoms with Gasteiger partial charge in [-0.3, -0.25) is 10.1 Å². The van der Waals surface area contributed by atoms with Crippen LogP contribution in [0, 0.1) is 22.7 Å². The molecule has 6 atom stereocenters. The highest BCUT2D eigenvalue weighted by Crippen LogP contribution is 2.61. The molecular formula is C30H37F3N2O5. The summed E-state index contributed by atoms with van der Waals surface area (Å²) in [4.78, 5) is 25.7. The van der Waals surface area contributed by atoms with Crippen molar-refractivity contribution >= 4 is 17.7 Å². The number of fused-ring (bicyclic) bond motifs is 1. The van der Waals surface area contributed by atoms with E-state index in [9.17, 15) is 33.0 Å². The largest absolute Gasteiger partial charge is 0.445 e. The molecule has 2 amide bonds. The molecule has 0 bridgehead atoms. The van der Waals surface area contributed by atoms with Gasteiger partial charge in [-0.1, -0.05) is 50.2 Å². The summed E-state index contributed by atoms with van der Waals surface area (Å²) in [6.07, 6.45) is -4.79. The van der Waals surface area contributed by atoms with Crippen LogP contribution < -0.4 is 10.6 Å². The maximum Gasteiger partial charge on any atom is 0.416 e. The van der Waals surface area contributed by atoms with E-state index in [1.807, 2.05) is 44.2 Å². The molecule has 218 valence electrons. The number of ether oxygens (including phenoxy) is 1. The van der Waals surface area contributed by atoms with E-state index in [4.69, 9.17) is 4.74 Å². The summed E-state index contributed by atoms with van der Waals surface area (Å²) in [7, 11) is 0. The van der Waals surface area contributed by atoms with Crippen molar-refractivity contribution in [3.05, 3.63) is 65.7 Å². The predicted octanol–water partition coefficient (Wildman–Crippen LogP) is 5.51. The van der Waals surface area contributed by atoms with Crippen LogP contribution in [0.3, 0.4) is 0 Å². The van der Waals surface area contributed by atoms with Crippen molar-refractivity contribution in [2.75, 3.05) is 11.9 Å². The number of hydrogen-bond donors (Lipinski definition) is 4. The number of carbonyl (C=O) groups is 2. The number of benzene rings is 2. The van der Waals surface area contributed by atoms with E-state index in [-0.39, 0.29) is 36.5 Å². The van der Waals surface area contributed by atoms with E-state index in [0.717, 1.165) is 17.7 Å². The first-order chi connectivity index (χ1) is 18.9. The molecule has 7 nitrogen and oxygen atoms in total. The molecule has 2 aromatic carbocycles. The highest BCUT2D eigenvalue weighted by molar-refractivity contribution is 5.84. The maximum atomic E-state index is 13.1. The summed E-state index contributed by atoms with van der Waals surface area (Å²) < 4.78 is 44.9. The van der Waals surface area contributed by atoms with E-state index >= 15 is 0 Å². The molecule has 4 rings (SSSR count). The minimum Gasteiger partial charge on any atom is -0.445 e. The number of halogens is 3. The van der Waals surface area contributed by atoms with Gasteiger partial charge in [0.15, 0.2) is 0 Å². The lowest BCUT2D eigenvalue weighted by atomic mass is 9.46. The number of aliphatic hydroxyl groups is 2. The van der Waals surface area contributed by atoms with Crippen molar-refractivity contribution in [3.8, 4) is 0 Å². The van der Waals surface area contributed by atoms with Crippen molar-refractivity contribution < 1.29 is 37.7 Å². The summed E-state index contributed by atoms with van der Waals surface area (Å²) >= 11 is 0. The zero-order chi connectivity index (χ0) is 29.1. The number of hydrogen-bond acceptors (Lipinski definition) is 5. The van der Waals surface area contributed by atoms with Crippen LogP contribution in [0.1, 0.15) is 57.1 Å². The van der Waals surface area contributed by atoms with Crippen LogP contribution in [0.15, 0.2) is 54.6 Å². The van der Waals surface area contributed by atoms with Crippen molar-refractivity contribution in [1.29, 1.82) is 0 Å². The van der Waals surface area contributed by atoms with Gasteiger partial charge < -0.3 is 20.3 Å². The molecule has 2 aromatic rings. The number of aliphatic hydroxyl groups excluding tert-OH is 2. The molecule has 4 N–H and O–H groups in total. The van der Waals surface area contributed by atoms with E-state index in [2.05, 4.69) is 10.6 Å². The average molecular weight is 563 g/mol. The highest BCUT2D eigenvalue weighted by atomic mass is 19.4. The molecule has 2 aliphatic carbocycles. The molecule has 0 radical (unpaired) electrons. The lowest BCUT2D eigenvalue weighted by molar-refractivity contribution is -0.185. The molecule has 10 heteroatoms. The van der Waals surface area contributed by atoms with Gasteiger partial charge in [-0.2, -0.15) is 13.2 Å². The van der Waals surface area contributed by atoms with Crippen LogP contribution in [0.5, 0.6) is 0 Å². The Bertz CT molecular complexity index is 1190. The van der Waals surface area contributed by atoms with E-state index in [1.54, 1.807) is 0 Å². The van der Waals surface area contributed by atoms with Gasteiger partial charge in [0.05, 0.1) is 18.3 Å². The number of alkyl halides is 3. The fraction of sp³-hybridized carbons (Fsp3) is 0.533. The fourth-order valence-corrected chi connectivity index (χ4v) is 6.90. The first-order valence-corrected chi connectivity index (χ1v) is 13.6. The van der Waals surface area contributed by atoms with Crippen molar-refractivity contribution in [1.82, 2.24) is 5.32 Å². The molecule has 2 aliphatic rings. The Morgan fingerprint density at radius 3 is 2.45 bits per heavy atom. The molecule has 40 heavy (non-hydrogen) atoms. The number of nitrogens with one attached hydrogen (secondary N) is 2. The second-order valence-electron chi connectivity index (χ2n) is 11.6. The minimum absolute atomic E-state index is 0.0476. The average Bonchev–Trinajstić information content (AvgIpc) is 2.91. The van der Waals surface area contributed by atoms with E-state index < -0.39 is 40.9 Å². The second kappa shape index (κ2) is 11.8. The smallest absolute Gasteiger partial charge is 0.416 e. The Morgan fingerprint density at radius 2 is 1.77 bits per heavy atom. The van der Waals surface area contributed by atoms with Gasteiger partial charge in [0.1, 0.15) is 6.10 Å². The summed E-state index contributed by atoms with van der Waals surface area (Å²) in [5.74, 6) is -0.687. The molecule has 2 saturated carbocycles. The lowest BCUT2D eigenvalue weighted by Crippen LogP contribution is -2.61. The topological polar surface area (TPSA) is 108 Å². The zero-order valence-corrected chi connectivity index (χ0v) is 22.7. The Hall–Kier alpha value is -3.11. The Kier molecular flexibility index (Phi) is 8.80. The van der Waals surface area contributed by atoms with Gasteiger partial charge in [0, 0.05) is 24.1 Å². The quantitative estimate of drug-likeness (QED) is 0.356. The zero-order valence-electron chi connectivity index (χ0n) is 22.7. The minimum atomic E-state index is -4.55. The van der Waals surface area contributed by atoms with E-state index in [1.165, 1.54) is 12.1 Å². The van der Waals surface area contributed by atoms with Crippen molar-refractivity contribution in [2.24, 2.45) is 22.7 Å². The van der Waals surface area contributed by atoms with Gasteiger partial charge in [0.25, 0.3) is 0 Å². The Morgan fingerprint density at radius 1 is 1.05 bits per heavy atom. The van der Waals surface area contributed by atoms with Crippen LogP contribution >= 0.6 is 0 Å². The standard InChI is InChI=1S/C30H37F3N2O5/c1-28-14-13-25(40-27(39)35-21-10-6-9-20(15-21)30(31,32)33)29(2,18-36)24(28)12-11-23(37)22(28)16-26(38)34-17-19-7-4-3-5-8-19/h3-10,15,22-25,36-37H,11-14,16-18H2,1-2H3,(H,34,38)(H,35,39)/t22-,23-,24+,25-,28+,29+/m1/s1. The number of carbonyl (C=O) groups excluding carboxylic acids is 2. The van der Waals surface area contributed by atoms with Gasteiger partial charge in [-0.05, 0) is 66.7 Å². The van der Waals surface area contributed by atoms with Gasteiger partial charge >= 0.3 is 12.3 Å². The number of rotatable bonds is 7. The Labute approximate surface area is 232 Å². The summed E-state index contributed by atoms with van der Waals surface area (Å²) in [5.41, 5.74) is -1.35. The summed E-state index contributed by atoms with van der Waals surface area (Å²) in [5, 5.41) is 26.9. The SMILES string of the molecule is C[C@]1(CO)[C@H]2CC[C@@H](O)[C@@H](CC(=O)NCc3ccccc3)[C@]2(C)CC[C@H]1OC(=O)Nc1cccc(C(F)(F)F)c1. The molecular weight excluding hydrogens is 525 g/mol. The predicted molar refractivity (Wildman–Crippen MR) is 143 cm³/mol. The monoisotopic (exact) mass is 562 g/mol. The van der Waals surface area contributed by atoms with Gasteiger partial charge in [-0.25, -0.2) is 4.79 Å². The first kappa shape index (κ1) is 29.9. The molecule has 0 heterocycles. The highest BCUT2D eigenvalue weighted by Gasteiger charge is 2.60. The van der Waals surface area contributed by atoms with E-state index in [0.29, 0.717) is 32.2 Å². The molecule has 0 unspecified atom stereocenters. The van der Waals surface area contributed by atoms with Crippen LogP contribution in [-0.4, -0.2) is 41.0 Å². The molecule has 0 spiro atoms. The number of anilines is 1. The molecule has 0 aliphatic heterocycles. The van der Waals surface area contributed by atoms with Crippen LogP contribution in [0.4, 0.5) is 23.7 Å². The van der Waals surface area contributed by atoms with Gasteiger partial charge in [-0.15, -0.1) is 0 Å². The number of amides is 2. The van der Waals surface area contributed by atoms with Gasteiger partial charge in [0.2, 0.25) is 5.91 Å². The third kappa shape index (κ3) is 6.28. The lowest BCUT2D eigenvalue weighted by Gasteiger charge is -2.60. The third-order valence-electron chi connectivity index (χ3n) is 9.10. The van der Waals surface area contributed by atoms with Crippen LogP contribution in [0.25, 0.3) is 0 Å². The fourth-order valence-electron chi connectivity index (χ4n) is 6.90. The van der Waals surface area contributed by atoms with Crippen molar-refractivity contribution in [2.45, 2.75) is 70.9 Å². The summed E-state index contributed by atoms with van der Waals surface area (Å²) in [6.45, 7) is 3.95. The molecule has 2 fully saturated rings. The van der Waals surface area contributed by atoms with Crippen molar-refractivity contribution in [3.63, 3.8) is 0 Å². The van der Waals surface area contributed by atoms with Crippen LogP contribution in [0.2, 0.25) is 0 Å². The molecule has 0 aromatic heterocycles. The third-order valence-corrected chi connectivity index (χ3v) is 9.10. The van der Waals surface area contributed by atoms with Crippen LogP contribution in [-0.2, 0) is 22.3 Å². The Balaban J connectivity index is 1.45. The second-order valence-corrected chi connectivity index (χ2v) is 11.6.